The molecule has 0 saturated carbocycles. The number of nitrogens with one attached hydrogen (secondary N) is 1. The van der Waals surface area contributed by atoms with Gasteiger partial charge in [0.1, 0.15) is 11.6 Å². The maximum atomic E-state index is 11.4. The van der Waals surface area contributed by atoms with Gasteiger partial charge in [0.25, 0.3) is 5.91 Å². The summed E-state index contributed by atoms with van der Waals surface area (Å²) in [5, 5.41) is 19.2. The molecule has 3 amide bonds. The summed E-state index contributed by atoms with van der Waals surface area (Å²) in [6.45, 7) is 0. The van der Waals surface area contributed by atoms with E-state index in [1.165, 1.54) is 6.08 Å². The van der Waals surface area contributed by atoms with Crippen LogP contribution in [0, 0.1) is 22.7 Å². The van der Waals surface area contributed by atoms with Crippen LogP contribution in [0.15, 0.2) is 29.8 Å². The van der Waals surface area contributed by atoms with Gasteiger partial charge in [-0.1, -0.05) is 12.1 Å². The molecule has 1 aromatic rings. The van der Waals surface area contributed by atoms with Gasteiger partial charge in [-0.25, -0.2) is 4.79 Å². The molecule has 0 radical (unpaired) electrons. The fourth-order valence-electron chi connectivity index (χ4n) is 1.15. The first-order valence-corrected chi connectivity index (χ1v) is 4.79. The van der Waals surface area contributed by atoms with E-state index < -0.39 is 11.9 Å². The molecule has 0 fully saturated rings. The Morgan fingerprint density at radius 1 is 1.22 bits per heavy atom. The van der Waals surface area contributed by atoms with Crippen LogP contribution in [0.3, 0.4) is 0 Å². The van der Waals surface area contributed by atoms with Gasteiger partial charge in [0, 0.05) is 0 Å². The number of benzene rings is 1. The summed E-state index contributed by atoms with van der Waals surface area (Å²) >= 11 is 0. The van der Waals surface area contributed by atoms with Gasteiger partial charge in [0.15, 0.2) is 0 Å². The van der Waals surface area contributed by atoms with Crippen LogP contribution in [0.1, 0.15) is 11.1 Å². The second-order valence-corrected chi connectivity index (χ2v) is 3.22. The van der Waals surface area contributed by atoms with Gasteiger partial charge >= 0.3 is 6.03 Å². The van der Waals surface area contributed by atoms with Crippen molar-refractivity contribution >= 4 is 18.0 Å². The molecule has 0 saturated heterocycles. The average molecular weight is 240 g/mol. The molecule has 18 heavy (non-hydrogen) atoms. The molecule has 1 aromatic carbocycles. The Morgan fingerprint density at radius 3 is 2.28 bits per heavy atom. The van der Waals surface area contributed by atoms with Gasteiger partial charge < -0.3 is 5.73 Å². The highest BCUT2D eigenvalue weighted by molar-refractivity contribution is 6.08. The SMILES string of the molecule is N#C/C(=C/c1ccc(C#N)cc1)C(=O)NC(N)=O. The third-order valence-electron chi connectivity index (χ3n) is 1.95. The van der Waals surface area contributed by atoms with Crippen molar-refractivity contribution in [2.75, 3.05) is 0 Å². The standard InChI is InChI=1S/C12H8N4O2/c13-6-9-3-1-8(2-4-9)5-10(7-14)11(17)16-12(15)18/h1-5H,(H3,15,16,17,18)/b10-5-. The van der Waals surface area contributed by atoms with Crippen molar-refractivity contribution in [2.24, 2.45) is 5.73 Å². The van der Waals surface area contributed by atoms with E-state index in [1.54, 1.807) is 35.7 Å². The summed E-state index contributed by atoms with van der Waals surface area (Å²) in [5.74, 6) is -0.866. The molecule has 0 unspecified atom stereocenters. The summed E-state index contributed by atoms with van der Waals surface area (Å²) in [6, 6.07) is 8.83. The summed E-state index contributed by atoms with van der Waals surface area (Å²) < 4.78 is 0. The molecule has 0 aliphatic rings. The lowest BCUT2D eigenvalue weighted by molar-refractivity contribution is -0.115. The van der Waals surface area contributed by atoms with Crippen LogP contribution in [0.25, 0.3) is 6.08 Å². The van der Waals surface area contributed by atoms with Crippen LogP contribution in [0.5, 0.6) is 0 Å². The molecule has 0 aromatic heterocycles. The van der Waals surface area contributed by atoms with Crippen LogP contribution in [0.4, 0.5) is 4.79 Å². The van der Waals surface area contributed by atoms with Crippen molar-refractivity contribution in [2.45, 2.75) is 0 Å². The third kappa shape index (κ3) is 3.47. The normalized spacial score (nSPS) is 10.0. The number of nitrogens with two attached hydrogens (primary N) is 1. The van der Waals surface area contributed by atoms with Crippen molar-refractivity contribution in [3.8, 4) is 12.1 Å². The minimum absolute atomic E-state index is 0.251. The van der Waals surface area contributed by atoms with Gasteiger partial charge in [-0.2, -0.15) is 10.5 Å². The summed E-state index contributed by atoms with van der Waals surface area (Å²) in [4.78, 5) is 21.8. The highest BCUT2D eigenvalue weighted by atomic mass is 16.2. The zero-order valence-corrected chi connectivity index (χ0v) is 9.18. The lowest BCUT2D eigenvalue weighted by atomic mass is 10.1. The summed E-state index contributed by atoms with van der Waals surface area (Å²) in [5.41, 5.74) is 5.55. The second-order valence-electron chi connectivity index (χ2n) is 3.22. The monoisotopic (exact) mass is 240 g/mol. The maximum Gasteiger partial charge on any atom is 0.319 e. The molecule has 0 bridgehead atoms. The lowest BCUT2D eigenvalue weighted by Crippen LogP contribution is -2.35. The first-order chi connectivity index (χ1) is 8.56. The second kappa shape index (κ2) is 5.83. The average Bonchev–Trinajstić information content (AvgIpc) is 2.35. The molecular formula is C12H8N4O2. The number of urea groups is 1. The first-order valence-electron chi connectivity index (χ1n) is 4.79. The molecule has 0 atom stereocenters. The number of carbonyl (C=O) groups excluding carboxylic acids is 2. The van der Waals surface area contributed by atoms with Crippen molar-refractivity contribution in [1.29, 1.82) is 10.5 Å². The van der Waals surface area contributed by atoms with Crippen LogP contribution in [-0.2, 0) is 4.79 Å². The number of hydrogen-bond donors (Lipinski definition) is 2. The molecule has 1 rings (SSSR count). The number of hydrogen-bond acceptors (Lipinski definition) is 4. The fourth-order valence-corrected chi connectivity index (χ4v) is 1.15. The van der Waals surface area contributed by atoms with Crippen molar-refractivity contribution in [3.63, 3.8) is 0 Å². The minimum atomic E-state index is -1.03. The number of imide groups is 1. The van der Waals surface area contributed by atoms with Gasteiger partial charge in [-0.15, -0.1) is 0 Å². The molecule has 0 spiro atoms. The van der Waals surface area contributed by atoms with E-state index >= 15 is 0 Å². The van der Waals surface area contributed by atoms with Crippen LogP contribution >= 0.6 is 0 Å². The van der Waals surface area contributed by atoms with E-state index in [4.69, 9.17) is 16.3 Å². The Balaban J connectivity index is 2.98. The summed E-state index contributed by atoms with van der Waals surface area (Å²) in [6.07, 6.45) is 1.29. The highest BCUT2D eigenvalue weighted by Gasteiger charge is 2.10. The number of primary amides is 1. The number of nitriles is 2. The van der Waals surface area contributed by atoms with Gasteiger partial charge in [-0.3, -0.25) is 10.1 Å². The Hall–Kier alpha value is -3.12. The zero-order valence-electron chi connectivity index (χ0n) is 9.18. The largest absolute Gasteiger partial charge is 0.351 e. The molecule has 6 nitrogen and oxygen atoms in total. The molecule has 6 heteroatoms. The van der Waals surface area contributed by atoms with E-state index in [9.17, 15) is 9.59 Å². The Kier molecular flexibility index (Phi) is 4.19. The Labute approximate surface area is 103 Å². The van der Waals surface area contributed by atoms with Crippen molar-refractivity contribution < 1.29 is 9.59 Å². The first kappa shape index (κ1) is 12.9. The lowest BCUT2D eigenvalue weighted by Gasteiger charge is -1.99. The van der Waals surface area contributed by atoms with Gasteiger partial charge in [0.05, 0.1) is 11.6 Å². The van der Waals surface area contributed by atoms with Gasteiger partial charge in [-0.05, 0) is 23.8 Å². The molecule has 0 aliphatic carbocycles. The molecule has 0 aliphatic heterocycles. The minimum Gasteiger partial charge on any atom is -0.351 e. The van der Waals surface area contributed by atoms with E-state index in [0.29, 0.717) is 11.1 Å². The van der Waals surface area contributed by atoms with Gasteiger partial charge in [0.2, 0.25) is 0 Å². The smallest absolute Gasteiger partial charge is 0.319 e. The predicted octanol–water partition coefficient (Wildman–Crippen LogP) is 0.660. The number of nitrogens with zero attached hydrogens (tertiary/aromatic N) is 2. The molecular weight excluding hydrogens is 232 g/mol. The molecule has 3 N–H and O–H groups in total. The Morgan fingerprint density at radius 2 is 1.83 bits per heavy atom. The van der Waals surface area contributed by atoms with E-state index in [2.05, 4.69) is 0 Å². The topological polar surface area (TPSA) is 120 Å². The summed E-state index contributed by atoms with van der Waals surface area (Å²) in [7, 11) is 0. The fraction of sp³-hybridized carbons (Fsp3) is 0. The van der Waals surface area contributed by atoms with E-state index in [1.807, 2.05) is 6.07 Å². The van der Waals surface area contributed by atoms with Crippen LogP contribution in [0.2, 0.25) is 0 Å². The van der Waals surface area contributed by atoms with Crippen molar-refractivity contribution in [1.82, 2.24) is 5.32 Å². The number of amides is 3. The highest BCUT2D eigenvalue weighted by Crippen LogP contribution is 2.08. The third-order valence-corrected chi connectivity index (χ3v) is 1.95. The number of carbonyl (C=O) groups is 2. The zero-order chi connectivity index (χ0) is 13.5. The number of rotatable bonds is 2. The van der Waals surface area contributed by atoms with Crippen LogP contribution < -0.4 is 11.1 Å². The Bertz CT molecular complexity index is 588. The maximum absolute atomic E-state index is 11.4. The molecule has 88 valence electrons. The quantitative estimate of drug-likeness (QED) is 0.582. The predicted molar refractivity (Wildman–Crippen MR) is 62.5 cm³/mol. The van der Waals surface area contributed by atoms with E-state index in [0.717, 1.165) is 0 Å². The van der Waals surface area contributed by atoms with E-state index in [-0.39, 0.29) is 5.57 Å². The molecule has 0 heterocycles. The van der Waals surface area contributed by atoms with Crippen molar-refractivity contribution in [3.05, 3.63) is 41.0 Å². The van der Waals surface area contributed by atoms with Crippen LogP contribution in [-0.4, -0.2) is 11.9 Å².